The molecule has 2 aromatic carbocycles. The molecular weight excluding hydrogens is 554 g/mol. The van der Waals surface area contributed by atoms with Crippen LogP contribution in [0.25, 0.3) is 0 Å². The average Bonchev–Trinajstić information content (AvgIpc) is 3.43. The van der Waals surface area contributed by atoms with Gasteiger partial charge in [-0.15, -0.1) is 11.8 Å². The minimum Gasteiger partial charge on any atom is -0.395 e. The fourth-order valence-electron chi connectivity index (χ4n) is 5.72. The molecule has 3 amide bonds. The van der Waals surface area contributed by atoms with E-state index in [1.54, 1.807) is 36.0 Å². The first-order valence-electron chi connectivity index (χ1n) is 11.5. The van der Waals surface area contributed by atoms with Gasteiger partial charge in [-0.05, 0) is 36.2 Å². The van der Waals surface area contributed by atoms with E-state index in [4.69, 9.17) is 11.6 Å². The molecule has 3 saturated heterocycles. The van der Waals surface area contributed by atoms with Gasteiger partial charge in [0.15, 0.2) is 0 Å². The summed E-state index contributed by atoms with van der Waals surface area (Å²) in [5.74, 6) is -1.95. The average molecular weight is 579 g/mol. The number of β-amino-alcohol motifs (C(OH)–C–C–N with tert-alkyl or cyclic N) is 1. The van der Waals surface area contributed by atoms with Crippen molar-refractivity contribution in [2.24, 2.45) is 11.8 Å². The van der Waals surface area contributed by atoms with Crippen LogP contribution >= 0.6 is 39.3 Å². The molecule has 3 aliphatic heterocycles. The van der Waals surface area contributed by atoms with Crippen molar-refractivity contribution in [3.05, 3.63) is 65.2 Å². The summed E-state index contributed by atoms with van der Waals surface area (Å²) in [6.45, 7) is 0.136. The quantitative estimate of drug-likeness (QED) is 0.439. The van der Waals surface area contributed by atoms with Crippen molar-refractivity contribution >= 4 is 62.7 Å². The molecule has 0 radical (unpaired) electrons. The summed E-state index contributed by atoms with van der Waals surface area (Å²) in [4.78, 5) is 42.2. The largest absolute Gasteiger partial charge is 0.395 e. The number of carbonyl (C=O) groups is 3. The summed E-state index contributed by atoms with van der Waals surface area (Å²) in [5, 5.41) is 16.0. The van der Waals surface area contributed by atoms with Gasteiger partial charge in [-0.25, -0.2) is 0 Å². The van der Waals surface area contributed by atoms with Crippen molar-refractivity contribution in [3.63, 3.8) is 0 Å². The van der Waals surface area contributed by atoms with E-state index in [-0.39, 0.29) is 41.0 Å². The van der Waals surface area contributed by atoms with Gasteiger partial charge in [-0.1, -0.05) is 57.9 Å². The summed E-state index contributed by atoms with van der Waals surface area (Å²) in [6, 6.07) is 15.6. The molecule has 1 spiro atoms. The molecule has 3 fully saturated rings. The van der Waals surface area contributed by atoms with E-state index >= 15 is 0 Å². The molecule has 2 bridgehead atoms. The third-order valence-corrected chi connectivity index (χ3v) is 10.6. The Morgan fingerprint density at radius 3 is 2.54 bits per heavy atom. The number of aliphatic hydroxyl groups is 1. The van der Waals surface area contributed by atoms with Gasteiger partial charge >= 0.3 is 0 Å². The Balaban J connectivity index is 1.43. The zero-order chi connectivity index (χ0) is 24.7. The van der Waals surface area contributed by atoms with Crippen LogP contribution in [0.1, 0.15) is 12.0 Å². The number of likely N-dealkylation sites (tertiary alicyclic amines) is 1. The van der Waals surface area contributed by atoms with Crippen LogP contribution in [0.15, 0.2) is 54.6 Å². The topological polar surface area (TPSA) is 98.7 Å². The number of nitrogens with zero attached hydrogens (tertiary/aromatic N) is 1. The fourth-order valence-corrected chi connectivity index (χ4v) is 9.46. The van der Waals surface area contributed by atoms with Crippen molar-refractivity contribution in [1.29, 1.82) is 0 Å². The first-order chi connectivity index (χ1) is 16.9. The van der Waals surface area contributed by atoms with Gasteiger partial charge in [-0.3, -0.25) is 14.4 Å². The number of halogens is 2. The van der Waals surface area contributed by atoms with Crippen LogP contribution in [-0.4, -0.2) is 61.7 Å². The molecule has 10 heteroatoms. The van der Waals surface area contributed by atoms with E-state index in [0.29, 0.717) is 23.7 Å². The van der Waals surface area contributed by atoms with E-state index in [1.165, 1.54) is 4.90 Å². The Kier molecular flexibility index (Phi) is 6.87. The van der Waals surface area contributed by atoms with E-state index in [2.05, 4.69) is 26.6 Å². The number of alkyl halides is 1. The number of nitrogens with one attached hydrogen (secondary N) is 2. The van der Waals surface area contributed by atoms with Crippen LogP contribution in [0.2, 0.25) is 5.02 Å². The Hall–Kier alpha value is -2.07. The molecule has 3 unspecified atom stereocenters. The zero-order valence-electron chi connectivity index (χ0n) is 18.7. The summed E-state index contributed by atoms with van der Waals surface area (Å²) >= 11 is 11.3. The van der Waals surface area contributed by atoms with E-state index in [9.17, 15) is 19.5 Å². The molecule has 5 rings (SSSR count). The highest BCUT2D eigenvalue weighted by Crippen LogP contribution is 2.67. The number of anilines is 1. The molecule has 3 N–H and O–H groups in total. The maximum absolute atomic E-state index is 13.7. The van der Waals surface area contributed by atoms with E-state index < -0.39 is 22.6 Å². The third-order valence-electron chi connectivity index (χ3n) is 7.10. The van der Waals surface area contributed by atoms with Crippen molar-refractivity contribution in [3.8, 4) is 0 Å². The van der Waals surface area contributed by atoms with Gasteiger partial charge in [0.25, 0.3) is 0 Å². The molecule has 184 valence electrons. The predicted octanol–water partition coefficient (Wildman–Crippen LogP) is 3.05. The molecule has 6 atom stereocenters. The predicted molar refractivity (Wildman–Crippen MR) is 139 cm³/mol. The minimum atomic E-state index is -0.801. The fraction of sp³-hybridized carbons (Fsp3) is 0.400. The van der Waals surface area contributed by atoms with Gasteiger partial charge in [0, 0.05) is 33.9 Å². The number of hydrogen-bond acceptors (Lipinski definition) is 5. The monoisotopic (exact) mass is 577 g/mol. The highest BCUT2D eigenvalue weighted by atomic mass is 79.9. The molecule has 0 aliphatic carbocycles. The lowest BCUT2D eigenvalue weighted by atomic mass is 9.70. The summed E-state index contributed by atoms with van der Waals surface area (Å²) < 4.78 is -0.754. The number of hydrogen-bond donors (Lipinski definition) is 3. The summed E-state index contributed by atoms with van der Waals surface area (Å²) in [6.07, 6.45) is 0.585. The standard InChI is InChI=1S/C25H25BrClN3O4S/c26-17-12-25-19(18(20(17)35-25)22(32)28-13-14-4-2-1-3-5-14)24(34)30(10-11-31)21(25)23(33)29-16-8-6-15(27)7-9-16/h1-9,17-21,31H,10-13H2,(H,28,32)(H,29,33)/t17?,18-,19-,20-,21?,25?/m0/s1. The Morgan fingerprint density at radius 1 is 1.14 bits per heavy atom. The number of thioether (sulfide) groups is 1. The van der Waals surface area contributed by atoms with Crippen molar-refractivity contribution in [2.45, 2.75) is 33.8 Å². The van der Waals surface area contributed by atoms with Crippen LogP contribution in [0.4, 0.5) is 5.69 Å². The van der Waals surface area contributed by atoms with Crippen molar-refractivity contribution < 1.29 is 19.5 Å². The summed E-state index contributed by atoms with van der Waals surface area (Å²) in [5.41, 5.74) is 1.54. The van der Waals surface area contributed by atoms with Crippen LogP contribution in [0, 0.1) is 11.8 Å². The van der Waals surface area contributed by atoms with Gasteiger partial charge in [0.1, 0.15) is 6.04 Å². The minimum absolute atomic E-state index is 0.0102. The van der Waals surface area contributed by atoms with Crippen LogP contribution in [0.5, 0.6) is 0 Å². The number of amides is 3. The lowest BCUT2D eigenvalue weighted by Crippen LogP contribution is -2.53. The lowest BCUT2D eigenvalue weighted by molar-refractivity contribution is -0.139. The molecular formula is C25H25BrClN3O4S. The molecule has 0 aromatic heterocycles. The first kappa shape index (κ1) is 24.6. The first-order valence-corrected chi connectivity index (χ1v) is 13.6. The van der Waals surface area contributed by atoms with Crippen molar-refractivity contribution in [1.82, 2.24) is 10.2 Å². The molecule has 2 aromatic rings. The van der Waals surface area contributed by atoms with E-state index in [0.717, 1.165) is 5.56 Å². The SMILES string of the molecule is O=C(Nc1ccc(Cl)cc1)C1N(CCO)C(=O)[C@@H]2[C@H](C(=O)NCc3ccccc3)[C@H]3SC12CC3Br. The second-order valence-electron chi connectivity index (χ2n) is 9.12. The number of aliphatic hydroxyl groups excluding tert-OH is 1. The highest BCUT2D eigenvalue weighted by molar-refractivity contribution is 9.09. The third kappa shape index (κ3) is 4.26. The number of benzene rings is 2. The molecule has 0 saturated carbocycles. The number of carbonyl (C=O) groups excluding carboxylic acids is 3. The second-order valence-corrected chi connectivity index (χ2v) is 12.3. The van der Waals surface area contributed by atoms with Gasteiger partial charge in [-0.2, -0.15) is 0 Å². The second kappa shape index (κ2) is 9.76. The molecule has 3 aliphatic rings. The molecule has 7 nitrogen and oxygen atoms in total. The van der Waals surface area contributed by atoms with Gasteiger partial charge < -0.3 is 20.6 Å². The van der Waals surface area contributed by atoms with Crippen LogP contribution in [-0.2, 0) is 20.9 Å². The molecule has 35 heavy (non-hydrogen) atoms. The summed E-state index contributed by atoms with van der Waals surface area (Å²) in [7, 11) is 0. The Morgan fingerprint density at radius 2 is 1.86 bits per heavy atom. The van der Waals surface area contributed by atoms with Crippen LogP contribution in [0.3, 0.4) is 0 Å². The van der Waals surface area contributed by atoms with E-state index in [1.807, 2.05) is 30.3 Å². The smallest absolute Gasteiger partial charge is 0.248 e. The van der Waals surface area contributed by atoms with Crippen LogP contribution < -0.4 is 10.6 Å². The maximum atomic E-state index is 13.7. The number of fused-ring (bicyclic) bond motifs is 1. The van der Waals surface area contributed by atoms with Gasteiger partial charge in [0.05, 0.1) is 23.2 Å². The normalized spacial score (nSPS) is 30.9. The number of rotatable bonds is 7. The Bertz CT molecular complexity index is 1140. The highest BCUT2D eigenvalue weighted by Gasteiger charge is 2.75. The lowest BCUT2D eigenvalue weighted by Gasteiger charge is -2.35. The molecule has 3 heterocycles. The maximum Gasteiger partial charge on any atom is 0.248 e. The van der Waals surface area contributed by atoms with Gasteiger partial charge in [0.2, 0.25) is 17.7 Å². The van der Waals surface area contributed by atoms with Crippen molar-refractivity contribution in [2.75, 3.05) is 18.5 Å². The Labute approximate surface area is 221 Å². The zero-order valence-corrected chi connectivity index (χ0v) is 21.9.